The molecule has 0 aliphatic heterocycles. The lowest BCUT2D eigenvalue weighted by atomic mass is 10.3. The van der Waals surface area contributed by atoms with Gasteiger partial charge in [0.1, 0.15) is 0 Å². The van der Waals surface area contributed by atoms with Crippen LogP contribution in [0.1, 0.15) is 12.8 Å². The second kappa shape index (κ2) is 7.68. The highest BCUT2D eigenvalue weighted by atomic mass is 35.5. The average molecular weight is 270 g/mol. The lowest BCUT2D eigenvalue weighted by molar-refractivity contribution is -0.124. The van der Waals surface area contributed by atoms with Crippen molar-refractivity contribution in [2.24, 2.45) is 5.73 Å². The second-order valence-electron chi connectivity index (χ2n) is 3.72. The van der Waals surface area contributed by atoms with Crippen LogP contribution in [0.25, 0.3) is 0 Å². The molecule has 0 bridgehead atoms. The Morgan fingerprint density at radius 3 is 2.44 bits per heavy atom. The molecule has 0 saturated carbocycles. The largest absolute Gasteiger partial charge is 0.347 e. The zero-order valence-corrected chi connectivity index (χ0v) is 10.7. The molecule has 4 N–H and O–H groups in total. The Morgan fingerprint density at radius 2 is 1.83 bits per heavy atom. The Labute approximate surface area is 111 Å². The molecule has 98 valence electrons. The minimum Gasteiger partial charge on any atom is -0.347 e. The lowest BCUT2D eigenvalue weighted by Gasteiger charge is -2.06. The van der Waals surface area contributed by atoms with Crippen molar-refractivity contribution in [3.8, 4) is 0 Å². The van der Waals surface area contributed by atoms with Gasteiger partial charge in [-0.3, -0.25) is 9.59 Å². The van der Waals surface area contributed by atoms with Crippen molar-refractivity contribution >= 4 is 29.1 Å². The number of nitrogens with two attached hydrogens (primary N) is 1. The maximum absolute atomic E-state index is 11.5. The minimum atomic E-state index is -0.279. The SMILES string of the molecule is NCCCC(=O)NCC(=O)Nc1ccc(Cl)cc1. The van der Waals surface area contributed by atoms with Crippen molar-refractivity contribution in [3.05, 3.63) is 29.3 Å². The molecule has 0 aliphatic rings. The summed E-state index contributed by atoms with van der Waals surface area (Å²) in [7, 11) is 0. The molecular weight excluding hydrogens is 254 g/mol. The summed E-state index contributed by atoms with van der Waals surface area (Å²) in [5.41, 5.74) is 5.92. The third kappa shape index (κ3) is 5.65. The molecule has 1 aromatic rings. The van der Waals surface area contributed by atoms with Crippen LogP contribution in [0.3, 0.4) is 0 Å². The summed E-state index contributed by atoms with van der Waals surface area (Å²) >= 11 is 5.72. The first-order valence-corrected chi connectivity index (χ1v) is 6.02. The van der Waals surface area contributed by atoms with E-state index in [2.05, 4.69) is 10.6 Å². The fourth-order valence-corrected chi connectivity index (χ4v) is 1.39. The highest BCUT2D eigenvalue weighted by Crippen LogP contribution is 2.12. The number of carbonyl (C=O) groups excluding carboxylic acids is 2. The number of halogens is 1. The van der Waals surface area contributed by atoms with Crippen LogP contribution in [0.4, 0.5) is 5.69 Å². The first-order chi connectivity index (χ1) is 8.61. The van der Waals surface area contributed by atoms with Crippen molar-refractivity contribution in [2.75, 3.05) is 18.4 Å². The van der Waals surface area contributed by atoms with Gasteiger partial charge in [-0.1, -0.05) is 11.6 Å². The normalized spacial score (nSPS) is 9.89. The van der Waals surface area contributed by atoms with E-state index in [9.17, 15) is 9.59 Å². The zero-order chi connectivity index (χ0) is 13.4. The Balaban J connectivity index is 2.29. The summed E-state index contributed by atoms with van der Waals surface area (Å²) in [6.45, 7) is 0.413. The fraction of sp³-hybridized carbons (Fsp3) is 0.333. The van der Waals surface area contributed by atoms with E-state index in [4.69, 9.17) is 17.3 Å². The maximum atomic E-state index is 11.5. The van der Waals surface area contributed by atoms with Crippen LogP contribution >= 0.6 is 11.6 Å². The average Bonchev–Trinajstić information content (AvgIpc) is 2.36. The van der Waals surface area contributed by atoms with Gasteiger partial charge in [-0.25, -0.2) is 0 Å². The maximum Gasteiger partial charge on any atom is 0.243 e. The van der Waals surface area contributed by atoms with Crippen LogP contribution < -0.4 is 16.4 Å². The number of rotatable bonds is 6. The number of hydrogen-bond acceptors (Lipinski definition) is 3. The van der Waals surface area contributed by atoms with Crippen LogP contribution in [0.2, 0.25) is 5.02 Å². The van der Waals surface area contributed by atoms with Gasteiger partial charge in [-0.15, -0.1) is 0 Å². The van der Waals surface area contributed by atoms with Crippen LogP contribution in [0.5, 0.6) is 0 Å². The molecule has 0 aliphatic carbocycles. The predicted molar refractivity (Wildman–Crippen MR) is 71.4 cm³/mol. The van der Waals surface area contributed by atoms with Gasteiger partial charge in [0.05, 0.1) is 6.54 Å². The summed E-state index contributed by atoms with van der Waals surface area (Å²) in [6, 6.07) is 6.74. The second-order valence-corrected chi connectivity index (χ2v) is 4.16. The van der Waals surface area contributed by atoms with Crippen LogP contribution in [-0.4, -0.2) is 24.9 Å². The summed E-state index contributed by atoms with van der Waals surface area (Å²) in [5, 5.41) is 5.76. The molecule has 0 spiro atoms. The van der Waals surface area contributed by atoms with E-state index in [1.807, 2.05) is 0 Å². The van der Waals surface area contributed by atoms with Crippen molar-refractivity contribution in [3.63, 3.8) is 0 Å². The third-order valence-corrected chi connectivity index (χ3v) is 2.43. The van der Waals surface area contributed by atoms with E-state index in [1.165, 1.54) is 0 Å². The summed E-state index contributed by atoms with van der Waals surface area (Å²) in [6.07, 6.45) is 0.954. The molecular formula is C12H16ClN3O2. The van der Waals surface area contributed by atoms with Crippen molar-refractivity contribution in [1.82, 2.24) is 5.32 Å². The Hall–Kier alpha value is -1.59. The summed E-state index contributed by atoms with van der Waals surface area (Å²) in [4.78, 5) is 22.7. The molecule has 0 unspecified atom stereocenters. The summed E-state index contributed by atoms with van der Waals surface area (Å²) in [5.74, 6) is -0.454. The van der Waals surface area contributed by atoms with E-state index in [0.717, 1.165) is 0 Å². The third-order valence-electron chi connectivity index (χ3n) is 2.18. The molecule has 5 nitrogen and oxygen atoms in total. The lowest BCUT2D eigenvalue weighted by Crippen LogP contribution is -2.32. The molecule has 1 aromatic carbocycles. The molecule has 0 radical (unpaired) electrons. The van der Waals surface area contributed by atoms with E-state index in [-0.39, 0.29) is 18.4 Å². The van der Waals surface area contributed by atoms with Gasteiger partial charge in [0.15, 0.2) is 0 Å². The number of hydrogen-bond donors (Lipinski definition) is 3. The molecule has 18 heavy (non-hydrogen) atoms. The monoisotopic (exact) mass is 269 g/mol. The van der Waals surface area contributed by atoms with Crippen molar-refractivity contribution < 1.29 is 9.59 Å². The molecule has 0 aromatic heterocycles. The number of nitrogens with one attached hydrogen (secondary N) is 2. The summed E-state index contributed by atoms with van der Waals surface area (Å²) < 4.78 is 0. The first kappa shape index (κ1) is 14.5. The Bertz CT molecular complexity index is 406. The smallest absolute Gasteiger partial charge is 0.243 e. The Morgan fingerprint density at radius 1 is 1.17 bits per heavy atom. The van der Waals surface area contributed by atoms with Gasteiger partial charge in [0.2, 0.25) is 11.8 Å². The molecule has 6 heteroatoms. The first-order valence-electron chi connectivity index (χ1n) is 5.64. The number of carbonyl (C=O) groups is 2. The molecule has 0 atom stereocenters. The quantitative estimate of drug-likeness (QED) is 0.724. The van der Waals surface area contributed by atoms with Gasteiger partial charge in [-0.05, 0) is 37.2 Å². The predicted octanol–water partition coefficient (Wildman–Crippen LogP) is 1.13. The molecule has 0 saturated heterocycles. The van der Waals surface area contributed by atoms with Crippen molar-refractivity contribution in [2.45, 2.75) is 12.8 Å². The minimum absolute atomic E-state index is 0.0496. The van der Waals surface area contributed by atoms with Crippen LogP contribution in [-0.2, 0) is 9.59 Å². The topological polar surface area (TPSA) is 84.2 Å². The molecule has 1 rings (SSSR count). The van der Waals surface area contributed by atoms with E-state index in [0.29, 0.717) is 30.1 Å². The fourth-order valence-electron chi connectivity index (χ4n) is 1.27. The highest BCUT2D eigenvalue weighted by molar-refractivity contribution is 6.30. The van der Waals surface area contributed by atoms with Crippen molar-refractivity contribution in [1.29, 1.82) is 0 Å². The molecule has 0 fully saturated rings. The van der Waals surface area contributed by atoms with Gasteiger partial charge in [0.25, 0.3) is 0 Å². The van der Waals surface area contributed by atoms with Gasteiger partial charge in [0, 0.05) is 17.1 Å². The number of benzene rings is 1. The zero-order valence-electron chi connectivity index (χ0n) is 9.91. The standard InChI is InChI=1S/C12H16ClN3O2/c13-9-3-5-10(6-4-9)16-12(18)8-15-11(17)2-1-7-14/h3-6H,1-2,7-8,14H2,(H,15,17)(H,16,18). The molecule has 2 amide bonds. The van der Waals surface area contributed by atoms with Gasteiger partial charge < -0.3 is 16.4 Å². The highest BCUT2D eigenvalue weighted by Gasteiger charge is 2.05. The van der Waals surface area contributed by atoms with Gasteiger partial charge in [-0.2, -0.15) is 0 Å². The molecule has 0 heterocycles. The Kier molecular flexibility index (Phi) is 6.18. The van der Waals surface area contributed by atoms with E-state index >= 15 is 0 Å². The van der Waals surface area contributed by atoms with Gasteiger partial charge >= 0.3 is 0 Å². The van der Waals surface area contributed by atoms with E-state index in [1.54, 1.807) is 24.3 Å². The number of amides is 2. The number of anilines is 1. The van der Waals surface area contributed by atoms with Crippen LogP contribution in [0, 0.1) is 0 Å². The van der Waals surface area contributed by atoms with E-state index < -0.39 is 0 Å². The van der Waals surface area contributed by atoms with Crippen LogP contribution in [0.15, 0.2) is 24.3 Å².